The van der Waals surface area contributed by atoms with Crippen LogP contribution in [0.25, 0.3) is 1.43 Å². The van der Waals surface area contributed by atoms with Crippen molar-refractivity contribution in [2.24, 2.45) is 0 Å². The highest BCUT2D eigenvalue weighted by atomic mass is 32.3. The third-order valence-corrected chi connectivity index (χ3v) is 12.0. The smallest absolute Gasteiger partial charge is 0.397 e. The number of methoxy groups -OCH3 is 1. The molecule has 1 aliphatic rings. The minimum atomic E-state index is -4.95. The van der Waals surface area contributed by atoms with Crippen LogP contribution in [0.2, 0.25) is 0 Å². The second-order valence-electron chi connectivity index (χ2n) is 17.0. The summed E-state index contributed by atoms with van der Waals surface area (Å²) in [5.41, 5.74) is 0.199. The first kappa shape index (κ1) is 53.8. The van der Waals surface area contributed by atoms with Gasteiger partial charge in [-0.3, -0.25) is 14.1 Å². The van der Waals surface area contributed by atoms with E-state index in [9.17, 15) is 23.1 Å². The van der Waals surface area contributed by atoms with Crippen LogP contribution in [0.4, 0.5) is 0 Å². The highest BCUT2D eigenvalue weighted by Crippen LogP contribution is 2.32. The molecule has 0 spiro atoms. The molecule has 0 bridgehead atoms. The standard InChI is InChI=1S/C48H85NO12S/c1-5-8-11-14-17-20-21-22-23-26-29-32-43(51)60-46-44(48(56-4)59-42(38-50)45(46)61-62(53,54)55)49-47(52)39-33-34-40(57-35-30-27-24-18-15-12-9-6-2)41(37-39)58-36-31-28-25-19-16-13-10-7-3/h33-34,37,42,44-46,48,50H,5-32,35-36,38H2,1-4H3,(H,49,52)(H,53,54,55)/t42-,44-,45-,46-,48?/m1/s1/i/hD. The molecule has 13 nitrogen and oxygen atoms in total. The number of aliphatic hydroxyl groups excluding tert-OH is 1. The van der Waals surface area contributed by atoms with E-state index in [1.54, 1.807) is 18.2 Å². The molecule has 360 valence electrons. The number of esters is 1. The molecule has 1 heterocycles. The molecule has 0 saturated carbocycles. The van der Waals surface area contributed by atoms with Gasteiger partial charge in [0.2, 0.25) is 1.43 Å². The Morgan fingerprint density at radius 1 is 0.677 bits per heavy atom. The molecule has 1 fully saturated rings. The molecule has 0 aliphatic carbocycles. The van der Waals surface area contributed by atoms with Crippen LogP contribution in [0, 0.1) is 0 Å². The van der Waals surface area contributed by atoms with E-state index in [1.165, 1.54) is 110 Å². The molecule has 1 amide bonds. The first-order chi connectivity index (χ1) is 30.6. The quantitative estimate of drug-likeness (QED) is 0.0323. The summed E-state index contributed by atoms with van der Waals surface area (Å²) >= 11 is 0. The molecule has 14 heteroatoms. The van der Waals surface area contributed by atoms with E-state index >= 15 is 0 Å². The van der Waals surface area contributed by atoms with Gasteiger partial charge in [0.25, 0.3) is 5.91 Å². The van der Waals surface area contributed by atoms with Gasteiger partial charge in [-0.05, 0) is 37.5 Å². The zero-order valence-electron chi connectivity index (χ0n) is 39.9. The van der Waals surface area contributed by atoms with Crippen LogP contribution in [0.1, 0.15) is 211 Å². The number of unbranched alkanes of at least 4 members (excludes halogenated alkanes) is 24. The lowest BCUT2D eigenvalue weighted by Gasteiger charge is -2.44. The lowest BCUT2D eigenvalue weighted by molar-refractivity contribution is -0.261. The average Bonchev–Trinajstić information content (AvgIpc) is 3.28. The monoisotopic (exact) mass is 901 g/mol. The van der Waals surface area contributed by atoms with Gasteiger partial charge in [-0.25, -0.2) is 4.18 Å². The van der Waals surface area contributed by atoms with E-state index in [0.717, 1.165) is 64.2 Å². The minimum Gasteiger partial charge on any atom is -0.490 e. The third-order valence-electron chi connectivity index (χ3n) is 11.6. The molecular formula is C48H85NO12S. The molecule has 1 saturated heterocycles. The van der Waals surface area contributed by atoms with E-state index in [-0.39, 0.29) is 12.0 Å². The predicted molar refractivity (Wildman–Crippen MR) is 244 cm³/mol. The van der Waals surface area contributed by atoms with Crippen LogP contribution >= 0.6 is 0 Å². The normalized spacial score (nSPS) is 19.2. The molecule has 1 aromatic carbocycles. The number of hydrogen-bond donors (Lipinski definition) is 3. The summed E-state index contributed by atoms with van der Waals surface area (Å²) in [6.45, 7) is 6.84. The van der Waals surface area contributed by atoms with Gasteiger partial charge in [-0.15, -0.1) is 0 Å². The van der Waals surface area contributed by atoms with Gasteiger partial charge < -0.3 is 34.1 Å². The van der Waals surface area contributed by atoms with E-state index in [2.05, 4.69) is 30.6 Å². The van der Waals surface area contributed by atoms with Crippen LogP contribution in [-0.4, -0.2) is 87.5 Å². The number of aliphatic hydroxyl groups is 1. The average molecular weight is 901 g/mol. The number of ether oxygens (including phenoxy) is 5. The second-order valence-corrected chi connectivity index (χ2v) is 18.0. The van der Waals surface area contributed by atoms with Crippen molar-refractivity contribution in [3.63, 3.8) is 0 Å². The van der Waals surface area contributed by atoms with Crippen molar-refractivity contribution in [2.45, 2.75) is 231 Å². The molecule has 5 atom stereocenters. The molecule has 1 unspecified atom stereocenters. The molecule has 1 aliphatic heterocycles. The molecular weight excluding hydrogens is 815 g/mol. The summed E-state index contributed by atoms with van der Waals surface area (Å²) in [7, 11) is -3.64. The zero-order valence-corrected chi connectivity index (χ0v) is 39.7. The summed E-state index contributed by atoms with van der Waals surface area (Å²) in [5.74, 6) is -0.331. The Bertz CT molecular complexity index is 1440. The van der Waals surface area contributed by atoms with Gasteiger partial charge in [0.1, 0.15) is 18.2 Å². The van der Waals surface area contributed by atoms with E-state index in [4.69, 9.17) is 29.3 Å². The fourth-order valence-corrected chi connectivity index (χ4v) is 8.40. The van der Waals surface area contributed by atoms with Crippen molar-refractivity contribution >= 4 is 22.3 Å². The Morgan fingerprint density at radius 2 is 1.15 bits per heavy atom. The van der Waals surface area contributed by atoms with Crippen molar-refractivity contribution in [1.82, 2.24) is 5.32 Å². The SMILES string of the molecule is [2H]OS(=O)(=O)O[C@H]1[C@H](OC(=O)CCCCCCCCCCCCC)[C@@H](NC(=O)c2ccc(OCCCCCCCCCC)c(OCCCCCCCCCC)c2)C(OC)O[C@@H]1CO. The number of benzene rings is 1. The molecule has 2 rings (SSSR count). The van der Waals surface area contributed by atoms with Crippen LogP contribution in [0.5, 0.6) is 11.5 Å². The minimum absolute atomic E-state index is 0.0326. The molecule has 62 heavy (non-hydrogen) atoms. The number of rotatable bonds is 40. The Balaban J connectivity index is 2.20. The first-order valence-electron chi connectivity index (χ1n) is 24.8. The van der Waals surface area contributed by atoms with Gasteiger partial charge >= 0.3 is 16.4 Å². The topological polar surface area (TPSA) is 176 Å². The summed E-state index contributed by atoms with van der Waals surface area (Å²) in [6.07, 6.45) is 24.7. The van der Waals surface area contributed by atoms with Gasteiger partial charge in [0.05, 0.1) is 19.8 Å². The van der Waals surface area contributed by atoms with E-state index in [0.29, 0.717) is 31.1 Å². The zero-order chi connectivity index (χ0) is 46.0. The second kappa shape index (κ2) is 34.9. The van der Waals surface area contributed by atoms with E-state index in [1.807, 2.05) is 0 Å². The van der Waals surface area contributed by atoms with Crippen molar-refractivity contribution in [1.29, 1.82) is 1.43 Å². The van der Waals surface area contributed by atoms with Crippen LogP contribution in [-0.2, 0) is 33.6 Å². The largest absolute Gasteiger partial charge is 0.490 e. The van der Waals surface area contributed by atoms with Crippen molar-refractivity contribution in [3.8, 4) is 11.5 Å². The maximum absolute atomic E-state index is 14.1. The maximum Gasteiger partial charge on any atom is 0.397 e. The fraction of sp³-hybridized carbons (Fsp3) is 0.833. The fourth-order valence-electron chi connectivity index (χ4n) is 7.89. The number of hydrogen-bond acceptors (Lipinski definition) is 12. The van der Waals surface area contributed by atoms with Crippen molar-refractivity contribution in [2.75, 3.05) is 26.9 Å². The Labute approximate surface area is 376 Å². The van der Waals surface area contributed by atoms with Crippen molar-refractivity contribution < 1.29 is 55.5 Å². The maximum atomic E-state index is 14.1. The van der Waals surface area contributed by atoms with Crippen LogP contribution in [0.15, 0.2) is 18.2 Å². The highest BCUT2D eigenvalue weighted by Gasteiger charge is 2.51. The Hall–Kier alpha value is -2.49. The lowest BCUT2D eigenvalue weighted by atomic mass is 9.96. The summed E-state index contributed by atoms with van der Waals surface area (Å²) in [5, 5.41) is 13.0. The van der Waals surface area contributed by atoms with Gasteiger partial charge in [0, 0.05) is 19.1 Å². The Morgan fingerprint density at radius 3 is 1.61 bits per heavy atom. The highest BCUT2D eigenvalue weighted by molar-refractivity contribution is 7.80. The van der Waals surface area contributed by atoms with Crippen molar-refractivity contribution in [3.05, 3.63) is 23.8 Å². The first-order valence-corrected chi connectivity index (χ1v) is 25.7. The number of amides is 1. The number of nitrogens with one attached hydrogen (secondary N) is 1. The number of carbonyl (C=O) groups excluding carboxylic acids is 2. The van der Waals surface area contributed by atoms with Crippen LogP contribution < -0.4 is 14.8 Å². The molecule has 0 aromatic heterocycles. The van der Waals surface area contributed by atoms with Crippen LogP contribution in [0.3, 0.4) is 0 Å². The third kappa shape index (κ3) is 24.5. The lowest BCUT2D eigenvalue weighted by Crippen LogP contribution is -2.66. The summed E-state index contributed by atoms with van der Waals surface area (Å²) in [6, 6.07) is 3.59. The predicted octanol–water partition coefficient (Wildman–Crippen LogP) is 11.0. The van der Waals surface area contributed by atoms with Gasteiger partial charge in [-0.1, -0.05) is 175 Å². The molecule has 3 N–H and O–H groups in total. The molecule has 1 aromatic rings. The van der Waals surface area contributed by atoms with E-state index < -0.39 is 59.5 Å². The van der Waals surface area contributed by atoms with Gasteiger partial charge in [0.15, 0.2) is 23.9 Å². The molecule has 0 radical (unpaired) electrons. The number of carbonyl (C=O) groups is 2. The summed E-state index contributed by atoms with van der Waals surface area (Å²) in [4.78, 5) is 27.4. The summed E-state index contributed by atoms with van der Waals surface area (Å²) < 4.78 is 70.6. The van der Waals surface area contributed by atoms with Gasteiger partial charge in [-0.2, -0.15) is 8.42 Å². The Kier molecular flexibility index (Phi) is 30.3.